The third-order valence-corrected chi connectivity index (χ3v) is 4.24. The van der Waals surface area contributed by atoms with Gasteiger partial charge in [-0.05, 0) is 63.6 Å². The van der Waals surface area contributed by atoms with Crippen LogP contribution < -0.4 is 5.32 Å². The minimum atomic E-state index is 0.303. The van der Waals surface area contributed by atoms with Crippen LogP contribution in [0.2, 0.25) is 0 Å². The highest BCUT2D eigenvalue weighted by atomic mass is 14.9. The lowest BCUT2D eigenvalue weighted by Gasteiger charge is -2.25. The van der Waals surface area contributed by atoms with E-state index in [1.807, 2.05) is 0 Å². The first kappa shape index (κ1) is 14.1. The van der Waals surface area contributed by atoms with Crippen molar-refractivity contribution in [3.63, 3.8) is 0 Å². The van der Waals surface area contributed by atoms with Crippen LogP contribution >= 0.6 is 0 Å². The van der Waals surface area contributed by atoms with E-state index in [4.69, 9.17) is 5.26 Å². The largest absolute Gasteiger partial charge is 0.314 e. The zero-order valence-electron chi connectivity index (χ0n) is 12.1. The minimum Gasteiger partial charge on any atom is -0.314 e. The molecule has 1 aromatic rings. The molecule has 2 rings (SSSR count). The van der Waals surface area contributed by atoms with Crippen LogP contribution in [0.25, 0.3) is 0 Å². The molecule has 0 amide bonds. The molecule has 102 valence electrons. The molecule has 0 aliphatic heterocycles. The fourth-order valence-corrected chi connectivity index (χ4v) is 2.91. The number of benzene rings is 1. The highest BCUT2D eigenvalue weighted by Gasteiger charge is 2.19. The fraction of sp³-hybridized carbons (Fsp3) is 0.588. The Hall–Kier alpha value is -1.33. The van der Waals surface area contributed by atoms with Crippen LogP contribution in [0.15, 0.2) is 18.2 Å². The van der Waals surface area contributed by atoms with Crippen molar-refractivity contribution in [3.05, 3.63) is 34.9 Å². The van der Waals surface area contributed by atoms with Gasteiger partial charge in [0.25, 0.3) is 0 Å². The van der Waals surface area contributed by atoms with E-state index in [9.17, 15) is 0 Å². The molecule has 1 aliphatic rings. The summed E-state index contributed by atoms with van der Waals surface area (Å²) in [5.41, 5.74) is 4.19. The van der Waals surface area contributed by atoms with E-state index in [1.165, 1.54) is 16.7 Å². The first-order valence-electron chi connectivity index (χ1n) is 7.38. The maximum absolute atomic E-state index is 8.89. The summed E-state index contributed by atoms with van der Waals surface area (Å²) in [6.07, 6.45) is 5.55. The Bertz CT molecular complexity index is 451. The fourth-order valence-electron chi connectivity index (χ4n) is 2.91. The van der Waals surface area contributed by atoms with Crippen LogP contribution in [0.5, 0.6) is 0 Å². The average Bonchev–Trinajstić information content (AvgIpc) is 2.43. The second-order valence-electron chi connectivity index (χ2n) is 5.81. The molecular formula is C17H24N2. The van der Waals surface area contributed by atoms with Crippen molar-refractivity contribution in [2.24, 2.45) is 5.92 Å². The van der Waals surface area contributed by atoms with Crippen LogP contribution in [0.4, 0.5) is 0 Å². The Balaban J connectivity index is 1.75. The zero-order valence-corrected chi connectivity index (χ0v) is 12.1. The third kappa shape index (κ3) is 4.08. The summed E-state index contributed by atoms with van der Waals surface area (Å²) in [7, 11) is 0. The third-order valence-electron chi connectivity index (χ3n) is 4.24. The van der Waals surface area contributed by atoms with E-state index in [2.05, 4.69) is 43.4 Å². The van der Waals surface area contributed by atoms with Gasteiger partial charge in [-0.3, -0.25) is 0 Å². The highest BCUT2D eigenvalue weighted by molar-refractivity contribution is 5.30. The molecule has 1 N–H and O–H groups in total. The molecule has 2 heteroatoms. The van der Waals surface area contributed by atoms with Gasteiger partial charge in [-0.1, -0.05) is 23.8 Å². The van der Waals surface area contributed by atoms with E-state index >= 15 is 0 Å². The minimum absolute atomic E-state index is 0.303. The van der Waals surface area contributed by atoms with E-state index in [-0.39, 0.29) is 0 Å². The zero-order chi connectivity index (χ0) is 13.7. The summed E-state index contributed by atoms with van der Waals surface area (Å²) in [5, 5.41) is 12.5. The summed E-state index contributed by atoms with van der Waals surface area (Å²) in [5.74, 6) is 0.303. The van der Waals surface area contributed by atoms with Crippen molar-refractivity contribution in [2.45, 2.75) is 52.0 Å². The molecule has 1 aliphatic carbocycles. The van der Waals surface area contributed by atoms with Crippen molar-refractivity contribution in [2.75, 3.05) is 6.54 Å². The molecule has 0 bridgehead atoms. The molecule has 1 saturated carbocycles. The number of nitrogens with zero attached hydrogens (tertiary/aromatic N) is 1. The summed E-state index contributed by atoms with van der Waals surface area (Å²) in [4.78, 5) is 0. The van der Waals surface area contributed by atoms with Crippen molar-refractivity contribution < 1.29 is 0 Å². The Kier molecular flexibility index (Phi) is 4.99. The molecule has 0 atom stereocenters. The molecular weight excluding hydrogens is 232 g/mol. The molecule has 0 saturated heterocycles. The Morgan fingerprint density at radius 1 is 1.21 bits per heavy atom. The Morgan fingerprint density at radius 2 is 1.95 bits per heavy atom. The quantitative estimate of drug-likeness (QED) is 0.894. The molecule has 2 nitrogen and oxygen atoms in total. The monoisotopic (exact) mass is 256 g/mol. The predicted octanol–water partition coefficient (Wildman–Crippen LogP) is 3.52. The Morgan fingerprint density at radius 3 is 2.63 bits per heavy atom. The standard InChI is InChI=1S/C17H24N2/c1-13-3-4-14(2)16(11-13)9-10-19-17-7-5-15(12-18)6-8-17/h3-4,11,15,17,19H,5-10H2,1-2H3. The van der Waals surface area contributed by atoms with Crippen LogP contribution in [-0.4, -0.2) is 12.6 Å². The van der Waals surface area contributed by atoms with Gasteiger partial charge in [0.05, 0.1) is 6.07 Å². The number of nitrogens with one attached hydrogen (secondary N) is 1. The number of rotatable bonds is 4. The second-order valence-corrected chi connectivity index (χ2v) is 5.81. The lowest BCUT2D eigenvalue weighted by molar-refractivity contribution is 0.334. The van der Waals surface area contributed by atoms with E-state index in [0.717, 1.165) is 38.6 Å². The lowest BCUT2D eigenvalue weighted by atomic mass is 9.87. The van der Waals surface area contributed by atoms with Crippen molar-refractivity contribution in [3.8, 4) is 6.07 Å². The SMILES string of the molecule is Cc1ccc(C)c(CCNC2CCC(C#N)CC2)c1. The summed E-state index contributed by atoms with van der Waals surface area (Å²) in [6.45, 7) is 5.39. The predicted molar refractivity (Wildman–Crippen MR) is 79.0 cm³/mol. The van der Waals surface area contributed by atoms with Gasteiger partial charge in [0.1, 0.15) is 0 Å². The van der Waals surface area contributed by atoms with Gasteiger partial charge in [-0.25, -0.2) is 0 Å². The van der Waals surface area contributed by atoms with Crippen molar-refractivity contribution >= 4 is 0 Å². The molecule has 0 radical (unpaired) electrons. The van der Waals surface area contributed by atoms with Gasteiger partial charge in [0.15, 0.2) is 0 Å². The topological polar surface area (TPSA) is 35.8 Å². The lowest BCUT2D eigenvalue weighted by Crippen LogP contribution is -2.34. The van der Waals surface area contributed by atoms with Gasteiger partial charge < -0.3 is 5.32 Å². The van der Waals surface area contributed by atoms with Crippen LogP contribution in [0.1, 0.15) is 42.4 Å². The maximum atomic E-state index is 8.89. The van der Waals surface area contributed by atoms with Crippen LogP contribution in [0.3, 0.4) is 0 Å². The van der Waals surface area contributed by atoms with Gasteiger partial charge in [0.2, 0.25) is 0 Å². The number of hydrogen-bond acceptors (Lipinski definition) is 2. The van der Waals surface area contributed by atoms with E-state index in [1.54, 1.807) is 0 Å². The normalized spacial score (nSPS) is 23.0. The summed E-state index contributed by atoms with van der Waals surface area (Å²) >= 11 is 0. The van der Waals surface area contributed by atoms with Crippen LogP contribution in [0, 0.1) is 31.1 Å². The second kappa shape index (κ2) is 6.73. The molecule has 1 fully saturated rings. The molecule has 0 aromatic heterocycles. The van der Waals surface area contributed by atoms with Crippen molar-refractivity contribution in [1.82, 2.24) is 5.32 Å². The molecule has 1 aromatic carbocycles. The van der Waals surface area contributed by atoms with Gasteiger partial charge in [-0.2, -0.15) is 5.26 Å². The average molecular weight is 256 g/mol. The smallest absolute Gasteiger partial charge is 0.0655 e. The highest BCUT2D eigenvalue weighted by Crippen LogP contribution is 2.23. The van der Waals surface area contributed by atoms with Crippen molar-refractivity contribution in [1.29, 1.82) is 5.26 Å². The first-order valence-corrected chi connectivity index (χ1v) is 7.38. The van der Waals surface area contributed by atoms with E-state index in [0.29, 0.717) is 12.0 Å². The van der Waals surface area contributed by atoms with E-state index < -0.39 is 0 Å². The van der Waals surface area contributed by atoms with Gasteiger partial charge in [0, 0.05) is 12.0 Å². The first-order chi connectivity index (χ1) is 9.19. The molecule has 0 heterocycles. The van der Waals surface area contributed by atoms with Gasteiger partial charge >= 0.3 is 0 Å². The maximum Gasteiger partial charge on any atom is 0.0655 e. The molecule has 0 spiro atoms. The molecule has 19 heavy (non-hydrogen) atoms. The number of hydrogen-bond donors (Lipinski definition) is 1. The number of nitriles is 1. The number of aryl methyl sites for hydroxylation is 2. The summed E-state index contributed by atoms with van der Waals surface area (Å²) in [6, 6.07) is 9.69. The Labute approximate surface area is 116 Å². The van der Waals surface area contributed by atoms with Crippen LogP contribution in [-0.2, 0) is 6.42 Å². The molecule has 0 unspecified atom stereocenters. The van der Waals surface area contributed by atoms with Gasteiger partial charge in [-0.15, -0.1) is 0 Å². The summed E-state index contributed by atoms with van der Waals surface area (Å²) < 4.78 is 0.